The van der Waals surface area contributed by atoms with Crippen molar-refractivity contribution in [1.29, 1.82) is 0 Å². The number of rotatable bonds is 8. The Morgan fingerprint density at radius 2 is 1.27 bits per heavy atom. The van der Waals surface area contributed by atoms with Gasteiger partial charge in [0, 0.05) is 5.92 Å². The van der Waals surface area contributed by atoms with Crippen molar-refractivity contribution in [2.24, 2.45) is 0 Å². The van der Waals surface area contributed by atoms with Crippen molar-refractivity contribution in [3.8, 4) is 5.75 Å². The van der Waals surface area contributed by atoms with Crippen LogP contribution in [0.5, 0.6) is 5.75 Å². The molecule has 0 fully saturated rings. The van der Waals surface area contributed by atoms with Gasteiger partial charge in [0.25, 0.3) is 0 Å². The average molecular weight is 455 g/mol. The average Bonchev–Trinajstić information content (AvgIpc) is 2.80. The number of benzene rings is 1. The van der Waals surface area contributed by atoms with Gasteiger partial charge in [-0.05, 0) is 93.7 Å². The maximum Gasteiger partial charge on any atom is 0.118 e. The second-order valence-corrected chi connectivity index (χ2v) is 7.74. The molecule has 33 heavy (non-hydrogen) atoms. The number of hydrogen-bond acceptors (Lipinski definition) is 3. The third-order valence-electron chi connectivity index (χ3n) is 4.68. The van der Waals surface area contributed by atoms with E-state index < -0.39 is 0 Å². The molecule has 3 heteroatoms. The van der Waals surface area contributed by atoms with Crippen LogP contribution in [-0.2, 0) is 0 Å². The van der Waals surface area contributed by atoms with Gasteiger partial charge in [0.05, 0.1) is 7.11 Å². The summed E-state index contributed by atoms with van der Waals surface area (Å²) in [7, 11) is 1.63. The fourth-order valence-corrected chi connectivity index (χ4v) is 2.85. The number of aliphatic hydroxyl groups is 2. The second-order valence-electron chi connectivity index (χ2n) is 7.74. The Hall–Kier alpha value is -2.94. The summed E-state index contributed by atoms with van der Waals surface area (Å²) in [5, 5.41) is 20.9. The molecule has 0 aliphatic carbocycles. The molecule has 0 bridgehead atoms. The highest BCUT2D eigenvalue weighted by Gasteiger charge is 2.23. The van der Waals surface area contributed by atoms with E-state index >= 15 is 0 Å². The van der Waals surface area contributed by atoms with Crippen LogP contribution in [0.15, 0.2) is 94.5 Å². The van der Waals surface area contributed by atoms with Crippen LogP contribution >= 0.6 is 0 Å². The van der Waals surface area contributed by atoms with Gasteiger partial charge >= 0.3 is 0 Å². The molecule has 1 unspecified atom stereocenters. The first kappa shape index (κ1) is 32.2. The van der Waals surface area contributed by atoms with E-state index in [9.17, 15) is 10.2 Å². The van der Waals surface area contributed by atoms with Crippen LogP contribution < -0.4 is 4.74 Å². The number of methoxy groups -OCH3 is 1. The molecule has 3 nitrogen and oxygen atoms in total. The lowest BCUT2D eigenvalue weighted by Crippen LogP contribution is -2.09. The van der Waals surface area contributed by atoms with Crippen molar-refractivity contribution in [1.82, 2.24) is 0 Å². The van der Waals surface area contributed by atoms with Crippen molar-refractivity contribution in [2.45, 2.75) is 75.2 Å². The van der Waals surface area contributed by atoms with Crippen LogP contribution in [0, 0.1) is 0 Å². The lowest BCUT2D eigenvalue weighted by Gasteiger charge is -2.25. The first-order valence-electron chi connectivity index (χ1n) is 11.6. The molecule has 0 spiro atoms. The van der Waals surface area contributed by atoms with Crippen LogP contribution in [0.25, 0.3) is 0 Å². The monoisotopic (exact) mass is 454 g/mol. The zero-order valence-electron chi connectivity index (χ0n) is 22.8. The Morgan fingerprint density at radius 3 is 1.61 bits per heavy atom. The molecular formula is C30H46O3. The van der Waals surface area contributed by atoms with Crippen LogP contribution in [0.4, 0.5) is 0 Å². The summed E-state index contributed by atoms with van der Waals surface area (Å²) in [4.78, 5) is 0. The maximum atomic E-state index is 10.5. The molecule has 0 heterocycles. The van der Waals surface area contributed by atoms with Crippen molar-refractivity contribution >= 4 is 0 Å². The van der Waals surface area contributed by atoms with Crippen molar-refractivity contribution in [3.63, 3.8) is 0 Å². The normalized spacial score (nSPS) is 11.6. The first-order chi connectivity index (χ1) is 15.5. The summed E-state index contributed by atoms with van der Waals surface area (Å²) in [6, 6.07) is 7.80. The van der Waals surface area contributed by atoms with Gasteiger partial charge in [0.1, 0.15) is 17.3 Å². The quantitative estimate of drug-likeness (QED) is 0.304. The number of aliphatic hydroxyl groups excluding tert-OH is 2. The minimum atomic E-state index is -0.230. The maximum absolute atomic E-state index is 10.5. The minimum Gasteiger partial charge on any atom is -0.508 e. The van der Waals surface area contributed by atoms with E-state index in [1.165, 1.54) is 0 Å². The highest BCUT2D eigenvalue weighted by Crippen LogP contribution is 2.39. The molecule has 0 saturated carbocycles. The fraction of sp³-hybridized carbons (Fsp3) is 0.400. The Balaban J connectivity index is 0. The SMILES string of the molecule is C=C(C)/C(=C\C(O)=C(C)C)C(C(/C=C(/O)C(=C)C)=C(C)C)c1ccc(OC)cc1.CC.CC. The summed E-state index contributed by atoms with van der Waals surface area (Å²) < 4.78 is 5.30. The van der Waals surface area contributed by atoms with E-state index in [4.69, 9.17) is 4.74 Å². The molecule has 0 radical (unpaired) electrons. The summed E-state index contributed by atoms with van der Waals surface area (Å²) in [5.74, 6) is 0.876. The van der Waals surface area contributed by atoms with E-state index in [0.29, 0.717) is 5.57 Å². The molecule has 1 aromatic rings. The molecule has 1 atom stereocenters. The largest absolute Gasteiger partial charge is 0.508 e. The standard InChI is InChI=1S/C26H34O3.2C2H6/c1-16(2)22(14-24(27)18(5)6)26(20-10-12-21(29-9)13-11-20)23(17(3)4)15-25(28)19(7)8;2*1-2/h10-15,26-28H,1,7H2,2-6,8-9H3;2*1-2H3/b22-14+,25-15+;;. The van der Waals surface area contributed by atoms with E-state index in [0.717, 1.165) is 39.2 Å². The second kappa shape index (κ2) is 16.7. The fourth-order valence-electron chi connectivity index (χ4n) is 2.85. The van der Waals surface area contributed by atoms with Gasteiger partial charge in [0.15, 0.2) is 0 Å². The molecule has 2 N–H and O–H groups in total. The van der Waals surface area contributed by atoms with Gasteiger partial charge < -0.3 is 14.9 Å². The molecular weight excluding hydrogens is 408 g/mol. The molecule has 1 rings (SSSR count). The third kappa shape index (κ3) is 10.5. The minimum absolute atomic E-state index is 0.132. The number of allylic oxidation sites excluding steroid dienone is 8. The van der Waals surface area contributed by atoms with Crippen LogP contribution in [-0.4, -0.2) is 17.3 Å². The molecule has 0 aliphatic rings. The van der Waals surface area contributed by atoms with Gasteiger partial charge in [-0.25, -0.2) is 0 Å². The van der Waals surface area contributed by atoms with Gasteiger partial charge in [-0.3, -0.25) is 0 Å². The Morgan fingerprint density at radius 1 is 0.788 bits per heavy atom. The molecule has 0 aromatic heterocycles. The molecule has 184 valence electrons. The highest BCUT2D eigenvalue weighted by molar-refractivity contribution is 5.53. The molecule has 1 aromatic carbocycles. The van der Waals surface area contributed by atoms with Crippen LogP contribution in [0.1, 0.15) is 80.7 Å². The Kier molecular flexibility index (Phi) is 16.3. The van der Waals surface area contributed by atoms with Crippen molar-refractivity contribution in [2.75, 3.05) is 7.11 Å². The summed E-state index contributed by atoms with van der Waals surface area (Å²) >= 11 is 0. The molecule has 0 saturated heterocycles. The zero-order chi connectivity index (χ0) is 26.3. The lowest BCUT2D eigenvalue weighted by molar-refractivity contribution is 0.414. The van der Waals surface area contributed by atoms with Gasteiger partial charge in [-0.2, -0.15) is 0 Å². The van der Waals surface area contributed by atoms with Crippen LogP contribution in [0.3, 0.4) is 0 Å². The Bertz CT molecular complexity index is 883. The summed E-state index contributed by atoms with van der Waals surface area (Å²) in [6.45, 7) is 27.4. The molecule has 0 aliphatic heterocycles. The van der Waals surface area contributed by atoms with E-state index in [1.54, 1.807) is 26.2 Å². The predicted octanol–water partition coefficient (Wildman–Crippen LogP) is 9.54. The van der Waals surface area contributed by atoms with Crippen molar-refractivity contribution in [3.05, 3.63) is 100 Å². The third-order valence-corrected chi connectivity index (χ3v) is 4.68. The Labute approximate surface area is 203 Å². The van der Waals surface area contributed by atoms with E-state index in [2.05, 4.69) is 13.2 Å². The first-order valence-corrected chi connectivity index (χ1v) is 11.6. The zero-order valence-corrected chi connectivity index (χ0v) is 22.8. The number of hydrogen-bond donors (Lipinski definition) is 2. The van der Waals surface area contributed by atoms with Gasteiger partial charge in [-0.15, -0.1) is 0 Å². The smallest absolute Gasteiger partial charge is 0.118 e. The lowest BCUT2D eigenvalue weighted by atomic mass is 9.79. The molecule has 0 amide bonds. The van der Waals surface area contributed by atoms with Gasteiger partial charge in [-0.1, -0.05) is 64.1 Å². The highest BCUT2D eigenvalue weighted by atomic mass is 16.5. The van der Waals surface area contributed by atoms with Crippen molar-refractivity contribution < 1.29 is 14.9 Å². The van der Waals surface area contributed by atoms with E-state index in [-0.39, 0.29) is 17.4 Å². The predicted molar refractivity (Wildman–Crippen MR) is 146 cm³/mol. The van der Waals surface area contributed by atoms with Crippen LogP contribution in [0.2, 0.25) is 0 Å². The van der Waals surface area contributed by atoms with E-state index in [1.807, 2.05) is 86.6 Å². The topological polar surface area (TPSA) is 49.7 Å². The summed E-state index contributed by atoms with van der Waals surface area (Å²) in [5.41, 5.74) is 6.08. The van der Waals surface area contributed by atoms with Gasteiger partial charge in [0.2, 0.25) is 0 Å². The summed E-state index contributed by atoms with van der Waals surface area (Å²) in [6.07, 6.45) is 3.52. The number of ether oxygens (including phenoxy) is 1.